The number of pyridine rings is 1. The van der Waals surface area contributed by atoms with Crippen LogP contribution in [0.4, 0.5) is 11.4 Å². The van der Waals surface area contributed by atoms with Crippen LogP contribution in [0, 0.1) is 20.8 Å². The average molecular weight is 616 g/mol. The Morgan fingerprint density at radius 1 is 0.800 bits per heavy atom. The lowest BCUT2D eigenvalue weighted by Gasteiger charge is -2.29. The highest BCUT2D eigenvalue weighted by Crippen LogP contribution is 2.44. The standard InChI is InChI=1S/C37H37N5O2S/c1-25-7-15-31(16-8-25)44-32-17-13-30(14-18-32)42-36(35(39-37(42)45)34-6-4-5-19-38-34)33-24-26(2)41(27(33)3)29-11-9-28(10-12-29)40-20-22-43-23-21-40/h4-19,24,35-36H,20-23H2,1-3H3,(H,39,45)/t35-,36-/m0/s1. The second-order valence-electron chi connectivity index (χ2n) is 11.7. The lowest BCUT2D eigenvalue weighted by atomic mass is 9.96. The summed E-state index contributed by atoms with van der Waals surface area (Å²) in [5, 5.41) is 4.27. The maximum atomic E-state index is 6.12. The fourth-order valence-corrected chi connectivity index (χ4v) is 6.83. The van der Waals surface area contributed by atoms with Crippen LogP contribution >= 0.6 is 12.2 Å². The molecule has 228 valence electrons. The summed E-state index contributed by atoms with van der Waals surface area (Å²) in [6, 6.07) is 33.2. The molecule has 45 heavy (non-hydrogen) atoms. The number of morpholine rings is 1. The SMILES string of the molecule is Cc1ccc(Oc2ccc(N3C(=S)N[C@@H](c4ccccn4)[C@@H]3c3cc(C)n(-c4ccc(N5CCOCC5)cc4)c3C)cc2)cc1. The smallest absolute Gasteiger partial charge is 0.174 e. The quantitative estimate of drug-likeness (QED) is 0.189. The largest absolute Gasteiger partial charge is 0.457 e. The van der Waals surface area contributed by atoms with E-state index in [2.05, 4.69) is 101 Å². The molecule has 7 nitrogen and oxygen atoms in total. The third-order valence-corrected chi connectivity index (χ3v) is 9.06. The van der Waals surface area contributed by atoms with E-state index in [-0.39, 0.29) is 12.1 Å². The van der Waals surface area contributed by atoms with Gasteiger partial charge in [0.1, 0.15) is 11.5 Å². The van der Waals surface area contributed by atoms with E-state index in [1.807, 2.05) is 42.6 Å². The van der Waals surface area contributed by atoms with Crippen molar-refractivity contribution in [3.63, 3.8) is 0 Å². The van der Waals surface area contributed by atoms with E-state index in [0.29, 0.717) is 5.11 Å². The number of rotatable bonds is 7. The van der Waals surface area contributed by atoms with Gasteiger partial charge in [-0.3, -0.25) is 4.98 Å². The van der Waals surface area contributed by atoms with Crippen molar-refractivity contribution in [2.75, 3.05) is 36.1 Å². The normalized spacial score (nSPS) is 18.2. The van der Waals surface area contributed by atoms with Crippen LogP contribution in [0.5, 0.6) is 11.5 Å². The molecule has 2 fully saturated rings. The summed E-state index contributed by atoms with van der Waals surface area (Å²) in [4.78, 5) is 9.35. The van der Waals surface area contributed by atoms with E-state index in [1.54, 1.807) is 0 Å². The van der Waals surface area contributed by atoms with Gasteiger partial charge in [0.05, 0.1) is 31.0 Å². The van der Waals surface area contributed by atoms with Crippen molar-refractivity contribution in [2.45, 2.75) is 32.9 Å². The Hall–Kier alpha value is -4.66. The van der Waals surface area contributed by atoms with E-state index in [1.165, 1.54) is 28.2 Å². The van der Waals surface area contributed by atoms with E-state index in [9.17, 15) is 0 Å². The molecule has 0 unspecified atom stereocenters. The van der Waals surface area contributed by atoms with Crippen molar-refractivity contribution in [3.05, 3.63) is 131 Å². The number of hydrogen-bond acceptors (Lipinski definition) is 5. The van der Waals surface area contributed by atoms with Gasteiger partial charge < -0.3 is 29.2 Å². The second-order valence-corrected chi connectivity index (χ2v) is 12.1. The van der Waals surface area contributed by atoms with Crippen LogP contribution in [-0.4, -0.2) is 41.0 Å². The average Bonchev–Trinajstić information content (AvgIpc) is 3.57. The third kappa shape index (κ3) is 5.79. The first kappa shape index (κ1) is 29.1. The van der Waals surface area contributed by atoms with Crippen molar-refractivity contribution in [1.82, 2.24) is 14.9 Å². The molecule has 0 bridgehead atoms. The number of benzene rings is 3. The Bertz CT molecular complexity index is 1780. The van der Waals surface area contributed by atoms with Crippen LogP contribution in [0.15, 0.2) is 103 Å². The molecular weight excluding hydrogens is 579 g/mol. The minimum atomic E-state index is -0.125. The molecule has 0 amide bonds. The van der Waals surface area contributed by atoms with Crippen molar-refractivity contribution in [1.29, 1.82) is 0 Å². The third-order valence-electron chi connectivity index (χ3n) is 8.74. The molecule has 2 aliphatic rings. The molecule has 2 atom stereocenters. The first-order valence-corrected chi connectivity index (χ1v) is 15.8. The fourth-order valence-electron chi connectivity index (χ4n) is 6.48. The van der Waals surface area contributed by atoms with Crippen molar-refractivity contribution in [2.24, 2.45) is 0 Å². The second kappa shape index (κ2) is 12.4. The molecule has 0 saturated carbocycles. The Balaban J connectivity index is 1.23. The van der Waals surface area contributed by atoms with Gasteiger partial charge in [0, 0.05) is 47.7 Å². The minimum absolute atomic E-state index is 0.108. The van der Waals surface area contributed by atoms with Crippen LogP contribution < -0.4 is 19.9 Å². The first-order valence-electron chi connectivity index (χ1n) is 15.4. The van der Waals surface area contributed by atoms with Crippen LogP contribution in [0.25, 0.3) is 5.69 Å². The number of anilines is 2. The van der Waals surface area contributed by atoms with Gasteiger partial charge in [-0.2, -0.15) is 0 Å². The monoisotopic (exact) mass is 615 g/mol. The highest BCUT2D eigenvalue weighted by Gasteiger charge is 2.42. The van der Waals surface area contributed by atoms with E-state index < -0.39 is 0 Å². The first-order chi connectivity index (χ1) is 22.0. The molecule has 2 saturated heterocycles. The molecule has 0 spiro atoms. The zero-order chi connectivity index (χ0) is 30.9. The summed E-state index contributed by atoms with van der Waals surface area (Å²) in [5.41, 5.74) is 9.05. The topological polar surface area (TPSA) is 54.8 Å². The molecular formula is C37H37N5O2S. The van der Waals surface area contributed by atoms with Crippen LogP contribution in [0.1, 0.15) is 40.3 Å². The molecule has 1 N–H and O–H groups in total. The fraction of sp³-hybridized carbons (Fsp3) is 0.243. The number of nitrogens with zero attached hydrogens (tertiary/aromatic N) is 4. The summed E-state index contributed by atoms with van der Waals surface area (Å²) in [7, 11) is 0. The van der Waals surface area contributed by atoms with E-state index in [0.717, 1.165) is 54.9 Å². The molecule has 3 aromatic carbocycles. The van der Waals surface area contributed by atoms with Crippen molar-refractivity contribution < 1.29 is 9.47 Å². The van der Waals surface area contributed by atoms with Gasteiger partial charge in [-0.1, -0.05) is 23.8 Å². The Kier molecular flexibility index (Phi) is 8.00. The molecule has 8 heteroatoms. The minimum Gasteiger partial charge on any atom is -0.457 e. The molecule has 0 aliphatic carbocycles. The zero-order valence-electron chi connectivity index (χ0n) is 25.8. The maximum Gasteiger partial charge on any atom is 0.174 e. The number of aromatic nitrogens is 2. The molecule has 5 aromatic rings. The summed E-state index contributed by atoms with van der Waals surface area (Å²) < 4.78 is 14.0. The van der Waals surface area contributed by atoms with E-state index in [4.69, 9.17) is 26.7 Å². The molecule has 2 aromatic heterocycles. The number of nitrogens with one attached hydrogen (secondary N) is 1. The van der Waals surface area contributed by atoms with E-state index >= 15 is 0 Å². The van der Waals surface area contributed by atoms with Crippen molar-refractivity contribution in [3.8, 4) is 17.2 Å². The maximum absolute atomic E-state index is 6.12. The summed E-state index contributed by atoms with van der Waals surface area (Å²) in [6.07, 6.45) is 1.84. The van der Waals surface area contributed by atoms with Gasteiger partial charge in [0.15, 0.2) is 5.11 Å². The summed E-state index contributed by atoms with van der Waals surface area (Å²) in [5.74, 6) is 1.59. The highest BCUT2D eigenvalue weighted by molar-refractivity contribution is 7.80. The zero-order valence-corrected chi connectivity index (χ0v) is 26.6. The summed E-state index contributed by atoms with van der Waals surface area (Å²) >= 11 is 6.01. The number of ether oxygens (including phenoxy) is 2. The van der Waals surface area contributed by atoms with Gasteiger partial charge >= 0.3 is 0 Å². The van der Waals surface area contributed by atoms with Crippen molar-refractivity contribution >= 4 is 28.7 Å². The molecule has 7 rings (SSSR count). The predicted molar refractivity (Wildman–Crippen MR) is 184 cm³/mol. The Labute approximate surface area is 270 Å². The Morgan fingerprint density at radius 3 is 2.11 bits per heavy atom. The number of aryl methyl sites for hydroxylation is 2. The lowest BCUT2D eigenvalue weighted by molar-refractivity contribution is 0.122. The summed E-state index contributed by atoms with van der Waals surface area (Å²) in [6.45, 7) is 9.83. The number of hydrogen-bond donors (Lipinski definition) is 1. The van der Waals surface area contributed by atoms with Gasteiger partial charge in [-0.25, -0.2) is 0 Å². The number of thiocarbonyl (C=S) groups is 1. The van der Waals surface area contributed by atoms with Gasteiger partial charge in [-0.05, 0) is 117 Å². The van der Waals surface area contributed by atoms with Gasteiger partial charge in [-0.15, -0.1) is 0 Å². The lowest BCUT2D eigenvalue weighted by Crippen LogP contribution is -2.36. The molecule has 2 aliphatic heterocycles. The highest BCUT2D eigenvalue weighted by atomic mass is 32.1. The van der Waals surface area contributed by atoms with Gasteiger partial charge in [0.25, 0.3) is 0 Å². The van der Waals surface area contributed by atoms with Crippen LogP contribution in [-0.2, 0) is 4.74 Å². The van der Waals surface area contributed by atoms with Gasteiger partial charge in [0.2, 0.25) is 0 Å². The molecule has 4 heterocycles. The Morgan fingerprint density at radius 2 is 1.44 bits per heavy atom. The molecule has 0 radical (unpaired) electrons. The predicted octanol–water partition coefficient (Wildman–Crippen LogP) is 7.60. The van der Waals surface area contributed by atoms with Crippen LogP contribution in [0.2, 0.25) is 0 Å². The van der Waals surface area contributed by atoms with Crippen LogP contribution in [0.3, 0.4) is 0 Å².